The van der Waals surface area contributed by atoms with Crippen LogP contribution in [0.15, 0.2) is 17.2 Å². The van der Waals surface area contributed by atoms with E-state index in [-0.39, 0.29) is 29.1 Å². The summed E-state index contributed by atoms with van der Waals surface area (Å²) in [5, 5.41) is 8.18. The third-order valence-electron chi connectivity index (χ3n) is 2.48. The number of carboxylic acids is 1. The van der Waals surface area contributed by atoms with Gasteiger partial charge in [0.1, 0.15) is 6.04 Å². The number of nitrogens with one attached hydrogen (secondary N) is 2. The summed E-state index contributed by atoms with van der Waals surface area (Å²) in [6.45, 7) is 0. The van der Waals surface area contributed by atoms with Crippen LogP contribution in [0.5, 0.6) is 0 Å². The number of carboxylic acid groups (broad SMARTS) is 1. The number of aliphatic carboxylic acids is 1. The number of carbonyl (C=O) groups is 1. The molecule has 0 aliphatic rings. The Balaban J connectivity index is 0.000000245. The minimum absolute atomic E-state index is 0.165. The van der Waals surface area contributed by atoms with E-state index in [1.165, 1.54) is 12.4 Å². The lowest BCUT2D eigenvalue weighted by molar-refractivity contribution is -0.138. The Hall–Kier alpha value is -2.68. The Morgan fingerprint density at radius 3 is 2.54 bits per heavy atom. The molecular formula is C10H15N7O6S. The lowest BCUT2D eigenvalue weighted by Crippen LogP contribution is -2.32. The van der Waals surface area contributed by atoms with Gasteiger partial charge in [0, 0.05) is 12.4 Å². The van der Waals surface area contributed by atoms with Gasteiger partial charge in [0.15, 0.2) is 11.2 Å². The highest BCUT2D eigenvalue weighted by atomic mass is 32.2. The van der Waals surface area contributed by atoms with E-state index >= 15 is 0 Å². The van der Waals surface area contributed by atoms with Gasteiger partial charge in [-0.15, -0.1) is 0 Å². The maximum atomic E-state index is 11.3. The number of rotatable bonds is 5. The van der Waals surface area contributed by atoms with Crippen molar-refractivity contribution in [1.29, 1.82) is 0 Å². The quantitative estimate of drug-likeness (QED) is 0.187. The van der Waals surface area contributed by atoms with E-state index in [0.29, 0.717) is 0 Å². The molecular weight excluding hydrogens is 346 g/mol. The first-order valence-electron chi connectivity index (χ1n) is 6.25. The Bertz CT molecular complexity index is 867. The molecule has 2 heterocycles. The predicted octanol–water partition coefficient (Wildman–Crippen LogP) is -2.33. The summed E-state index contributed by atoms with van der Waals surface area (Å²) in [4.78, 5) is 35.2. The Labute approximate surface area is 134 Å². The minimum atomic E-state index is -4.10. The van der Waals surface area contributed by atoms with Gasteiger partial charge in [-0.25, -0.2) is 15.8 Å². The van der Waals surface area contributed by atoms with E-state index < -0.39 is 27.9 Å². The second kappa shape index (κ2) is 8.25. The molecule has 0 saturated carbocycles. The number of hydrogen-bond donors (Lipinski definition) is 6. The van der Waals surface area contributed by atoms with Crippen molar-refractivity contribution in [2.24, 2.45) is 11.6 Å². The molecule has 132 valence electrons. The number of fused-ring (bicyclic) bond motifs is 1. The van der Waals surface area contributed by atoms with Gasteiger partial charge in [0.2, 0.25) is 5.95 Å². The van der Waals surface area contributed by atoms with Crippen LogP contribution in [-0.4, -0.2) is 55.8 Å². The maximum Gasteiger partial charge on any atom is 0.320 e. The minimum Gasteiger partial charge on any atom is -0.480 e. The fourth-order valence-corrected chi connectivity index (χ4v) is 1.89. The molecule has 1 atom stereocenters. The standard InChI is InChI=1S/C6H6N6O.C4H9NO5S/c7-12-6-10-4-3(5(13)11-6)8-1-2-9-4;5-3(4(6)7)1-2-11(8,9)10/h1-2H,7H2,(H2,9,10,11,12,13);3H,1-2,5H2,(H,6,7)(H,8,9,10)/t;3-/m.0/s1. The molecule has 0 aromatic carbocycles. The van der Waals surface area contributed by atoms with Gasteiger partial charge in [0.25, 0.3) is 15.7 Å². The van der Waals surface area contributed by atoms with Crippen LogP contribution in [0.1, 0.15) is 6.42 Å². The second-order valence-electron chi connectivity index (χ2n) is 4.31. The Morgan fingerprint density at radius 2 is 2.00 bits per heavy atom. The van der Waals surface area contributed by atoms with E-state index in [4.69, 9.17) is 21.2 Å². The average Bonchev–Trinajstić information content (AvgIpc) is 2.52. The normalized spacial score (nSPS) is 12.1. The smallest absolute Gasteiger partial charge is 0.320 e. The molecule has 8 N–H and O–H groups in total. The highest BCUT2D eigenvalue weighted by Crippen LogP contribution is 1.99. The van der Waals surface area contributed by atoms with Crippen molar-refractivity contribution in [3.8, 4) is 0 Å². The van der Waals surface area contributed by atoms with Crippen molar-refractivity contribution in [2.75, 3.05) is 11.2 Å². The number of nitrogen functional groups attached to an aromatic ring is 1. The molecule has 0 saturated heterocycles. The van der Waals surface area contributed by atoms with Crippen LogP contribution in [0.25, 0.3) is 11.2 Å². The van der Waals surface area contributed by atoms with Gasteiger partial charge in [-0.2, -0.15) is 13.4 Å². The molecule has 2 aromatic heterocycles. The van der Waals surface area contributed by atoms with Gasteiger partial charge in [0.05, 0.1) is 5.75 Å². The highest BCUT2D eigenvalue weighted by molar-refractivity contribution is 7.85. The summed E-state index contributed by atoms with van der Waals surface area (Å²) in [6.07, 6.45) is 2.60. The number of hydrogen-bond acceptors (Lipinski definition) is 10. The first kappa shape index (κ1) is 19.4. The predicted molar refractivity (Wildman–Crippen MR) is 82.4 cm³/mol. The fourth-order valence-electron chi connectivity index (χ4n) is 1.34. The van der Waals surface area contributed by atoms with Crippen LogP contribution >= 0.6 is 0 Å². The van der Waals surface area contributed by atoms with E-state index in [9.17, 15) is 18.0 Å². The maximum absolute atomic E-state index is 11.3. The van der Waals surface area contributed by atoms with Crippen molar-refractivity contribution in [2.45, 2.75) is 12.5 Å². The summed E-state index contributed by atoms with van der Waals surface area (Å²) in [7, 11) is -4.10. The van der Waals surface area contributed by atoms with Crippen LogP contribution < -0.4 is 22.6 Å². The SMILES string of the molecule is NNc1nc2nccnc2c(=O)[nH]1.N[C@@H](CCS(=O)(=O)O)C(=O)O. The van der Waals surface area contributed by atoms with E-state index in [2.05, 4.69) is 25.4 Å². The Kier molecular flexibility index (Phi) is 6.66. The summed E-state index contributed by atoms with van der Waals surface area (Å²) in [5.41, 5.74) is 7.26. The molecule has 2 rings (SSSR count). The molecule has 0 aliphatic carbocycles. The molecule has 0 spiro atoms. The molecule has 0 radical (unpaired) electrons. The lowest BCUT2D eigenvalue weighted by Gasteiger charge is -2.02. The zero-order valence-corrected chi connectivity index (χ0v) is 12.9. The highest BCUT2D eigenvalue weighted by Gasteiger charge is 2.14. The van der Waals surface area contributed by atoms with Crippen LogP contribution in [-0.2, 0) is 14.9 Å². The van der Waals surface area contributed by atoms with Crippen molar-refractivity contribution in [3.05, 3.63) is 22.7 Å². The van der Waals surface area contributed by atoms with Gasteiger partial charge >= 0.3 is 5.97 Å². The van der Waals surface area contributed by atoms with Gasteiger partial charge in [-0.1, -0.05) is 0 Å². The summed E-state index contributed by atoms with van der Waals surface area (Å²) >= 11 is 0. The largest absolute Gasteiger partial charge is 0.480 e. The van der Waals surface area contributed by atoms with E-state index in [1.807, 2.05) is 0 Å². The first-order chi connectivity index (χ1) is 11.1. The summed E-state index contributed by atoms with van der Waals surface area (Å²) < 4.78 is 28.3. The number of aromatic nitrogens is 4. The summed E-state index contributed by atoms with van der Waals surface area (Å²) in [6, 6.07) is -1.24. The second-order valence-corrected chi connectivity index (χ2v) is 5.88. The van der Waals surface area contributed by atoms with Gasteiger partial charge < -0.3 is 10.8 Å². The number of nitrogens with zero attached hydrogens (tertiary/aromatic N) is 3. The monoisotopic (exact) mass is 361 g/mol. The number of H-pyrrole nitrogens is 1. The number of aromatic amines is 1. The molecule has 13 nitrogen and oxygen atoms in total. The third-order valence-corrected chi connectivity index (χ3v) is 3.24. The fraction of sp³-hybridized carbons (Fsp3) is 0.300. The number of nitrogens with two attached hydrogens (primary N) is 2. The van der Waals surface area contributed by atoms with Crippen molar-refractivity contribution in [1.82, 2.24) is 19.9 Å². The topological polar surface area (TPSA) is 227 Å². The lowest BCUT2D eigenvalue weighted by atomic mass is 10.2. The zero-order chi connectivity index (χ0) is 18.3. The zero-order valence-electron chi connectivity index (χ0n) is 12.1. The van der Waals surface area contributed by atoms with Crippen LogP contribution in [0.2, 0.25) is 0 Å². The molecule has 0 unspecified atom stereocenters. The first-order valence-corrected chi connectivity index (χ1v) is 7.86. The van der Waals surface area contributed by atoms with E-state index in [0.717, 1.165) is 0 Å². The molecule has 24 heavy (non-hydrogen) atoms. The number of anilines is 1. The molecule has 0 amide bonds. The molecule has 0 fully saturated rings. The average molecular weight is 361 g/mol. The van der Waals surface area contributed by atoms with Crippen molar-refractivity contribution < 1.29 is 22.9 Å². The number of hydrazine groups is 1. The molecule has 14 heteroatoms. The van der Waals surface area contributed by atoms with Crippen LogP contribution in [0.4, 0.5) is 5.95 Å². The van der Waals surface area contributed by atoms with Gasteiger partial charge in [-0.3, -0.25) is 24.6 Å². The van der Waals surface area contributed by atoms with Crippen molar-refractivity contribution >= 4 is 33.2 Å². The van der Waals surface area contributed by atoms with E-state index in [1.54, 1.807) is 0 Å². The Morgan fingerprint density at radius 1 is 1.38 bits per heavy atom. The molecule has 2 aromatic rings. The third kappa shape index (κ3) is 6.21. The van der Waals surface area contributed by atoms with Crippen LogP contribution in [0.3, 0.4) is 0 Å². The molecule has 0 bridgehead atoms. The van der Waals surface area contributed by atoms with Gasteiger partial charge in [-0.05, 0) is 6.42 Å². The summed E-state index contributed by atoms with van der Waals surface area (Å²) in [5.74, 6) is 3.34. The van der Waals surface area contributed by atoms with Crippen LogP contribution in [0, 0.1) is 0 Å². The molecule has 0 aliphatic heterocycles. The van der Waals surface area contributed by atoms with Crippen molar-refractivity contribution in [3.63, 3.8) is 0 Å².